The van der Waals surface area contributed by atoms with Gasteiger partial charge in [0, 0.05) is 12.3 Å². The quantitative estimate of drug-likeness (QED) is 0.894. The first-order valence-corrected chi connectivity index (χ1v) is 5.96. The minimum absolute atomic E-state index is 0.147. The van der Waals surface area contributed by atoms with Crippen LogP contribution in [0.3, 0.4) is 0 Å². The van der Waals surface area contributed by atoms with Gasteiger partial charge in [0.2, 0.25) is 0 Å². The van der Waals surface area contributed by atoms with Gasteiger partial charge in [-0.3, -0.25) is 9.36 Å². The Morgan fingerprint density at radius 2 is 1.72 bits per heavy atom. The molecular formula is C14H16N2O2. The molecule has 1 unspecified atom stereocenters. The Bertz CT molecular complexity index is 598. The molecule has 0 saturated heterocycles. The van der Waals surface area contributed by atoms with Crippen LogP contribution in [-0.4, -0.2) is 9.55 Å². The van der Waals surface area contributed by atoms with Crippen LogP contribution >= 0.6 is 0 Å². The number of benzene rings is 1. The van der Waals surface area contributed by atoms with E-state index in [4.69, 9.17) is 0 Å². The van der Waals surface area contributed by atoms with Crippen LogP contribution in [0.1, 0.15) is 25.5 Å². The maximum absolute atomic E-state index is 11.9. The van der Waals surface area contributed by atoms with E-state index < -0.39 is 0 Å². The van der Waals surface area contributed by atoms with E-state index in [1.54, 1.807) is 0 Å². The number of aromatic amines is 1. The van der Waals surface area contributed by atoms with Crippen molar-refractivity contribution in [1.82, 2.24) is 9.55 Å². The second-order valence-electron chi connectivity index (χ2n) is 4.59. The van der Waals surface area contributed by atoms with E-state index in [2.05, 4.69) is 4.98 Å². The fourth-order valence-electron chi connectivity index (χ4n) is 2.18. The maximum Gasteiger partial charge on any atom is 0.328 e. The summed E-state index contributed by atoms with van der Waals surface area (Å²) in [5, 5.41) is 0. The molecule has 0 spiro atoms. The molecule has 4 nitrogen and oxygen atoms in total. The first kappa shape index (κ1) is 12.4. The van der Waals surface area contributed by atoms with Crippen molar-refractivity contribution >= 4 is 0 Å². The molecule has 1 heterocycles. The molecule has 94 valence electrons. The van der Waals surface area contributed by atoms with Gasteiger partial charge < -0.3 is 4.98 Å². The van der Waals surface area contributed by atoms with Crippen molar-refractivity contribution in [1.29, 1.82) is 0 Å². The number of hydrogen-bond acceptors (Lipinski definition) is 2. The van der Waals surface area contributed by atoms with Gasteiger partial charge >= 0.3 is 5.69 Å². The summed E-state index contributed by atoms with van der Waals surface area (Å²) >= 11 is 0. The van der Waals surface area contributed by atoms with Gasteiger partial charge in [-0.2, -0.15) is 0 Å². The summed E-state index contributed by atoms with van der Waals surface area (Å²) < 4.78 is 1.28. The molecule has 0 aliphatic carbocycles. The van der Waals surface area contributed by atoms with Crippen LogP contribution in [0, 0.1) is 5.92 Å². The minimum Gasteiger partial charge on any atom is -0.314 e. The van der Waals surface area contributed by atoms with Crippen LogP contribution in [0.4, 0.5) is 0 Å². The standard InChI is InChI=1S/C14H16N2O2/c1-10(2)13(11-6-4-3-5-7-11)16-12(17)8-9-15-14(16)18/h3-10,13H,1-2H3,(H,15,18). The van der Waals surface area contributed by atoms with Gasteiger partial charge in [0.05, 0.1) is 6.04 Å². The molecule has 0 fully saturated rings. The predicted octanol–water partition coefficient (Wildman–Crippen LogP) is 1.78. The molecule has 1 aromatic carbocycles. The van der Waals surface area contributed by atoms with Crippen molar-refractivity contribution in [3.63, 3.8) is 0 Å². The molecule has 1 N–H and O–H groups in total. The second-order valence-corrected chi connectivity index (χ2v) is 4.59. The lowest BCUT2D eigenvalue weighted by molar-refractivity contribution is 0.411. The lowest BCUT2D eigenvalue weighted by atomic mass is 9.96. The highest BCUT2D eigenvalue weighted by molar-refractivity contribution is 5.20. The highest BCUT2D eigenvalue weighted by Crippen LogP contribution is 2.23. The van der Waals surface area contributed by atoms with E-state index in [0.29, 0.717) is 0 Å². The Morgan fingerprint density at radius 3 is 2.28 bits per heavy atom. The van der Waals surface area contributed by atoms with Crippen LogP contribution in [0.5, 0.6) is 0 Å². The molecular weight excluding hydrogens is 228 g/mol. The van der Waals surface area contributed by atoms with E-state index in [-0.39, 0.29) is 23.2 Å². The average molecular weight is 244 g/mol. The Labute approximate surface area is 105 Å². The van der Waals surface area contributed by atoms with Crippen molar-refractivity contribution in [2.75, 3.05) is 0 Å². The molecule has 2 aromatic rings. The van der Waals surface area contributed by atoms with Crippen LogP contribution in [-0.2, 0) is 0 Å². The summed E-state index contributed by atoms with van der Waals surface area (Å²) in [4.78, 5) is 26.3. The van der Waals surface area contributed by atoms with Gasteiger partial charge in [-0.1, -0.05) is 44.2 Å². The fourth-order valence-corrected chi connectivity index (χ4v) is 2.18. The summed E-state index contributed by atoms with van der Waals surface area (Å²) in [5.41, 5.74) is 0.317. The summed E-state index contributed by atoms with van der Waals surface area (Å²) in [7, 11) is 0. The van der Waals surface area contributed by atoms with E-state index in [1.165, 1.54) is 16.8 Å². The number of aromatic nitrogens is 2. The smallest absolute Gasteiger partial charge is 0.314 e. The van der Waals surface area contributed by atoms with E-state index in [0.717, 1.165) is 5.56 Å². The largest absolute Gasteiger partial charge is 0.328 e. The molecule has 0 radical (unpaired) electrons. The van der Waals surface area contributed by atoms with Gasteiger partial charge in [0.15, 0.2) is 0 Å². The van der Waals surface area contributed by atoms with Crippen molar-refractivity contribution in [3.05, 3.63) is 69.0 Å². The first-order valence-electron chi connectivity index (χ1n) is 5.96. The van der Waals surface area contributed by atoms with Crippen molar-refractivity contribution in [2.45, 2.75) is 19.9 Å². The third-order valence-corrected chi connectivity index (χ3v) is 2.94. The summed E-state index contributed by atoms with van der Waals surface area (Å²) in [6.07, 6.45) is 1.38. The second kappa shape index (κ2) is 5.04. The SMILES string of the molecule is CC(C)C(c1ccccc1)n1c(=O)cc[nH]c1=O. The topological polar surface area (TPSA) is 54.9 Å². The summed E-state index contributed by atoms with van der Waals surface area (Å²) in [6, 6.07) is 10.7. The maximum atomic E-state index is 11.9. The van der Waals surface area contributed by atoms with Gasteiger partial charge in [0.1, 0.15) is 0 Å². The molecule has 18 heavy (non-hydrogen) atoms. The number of rotatable bonds is 3. The Kier molecular flexibility index (Phi) is 3.46. The molecule has 0 amide bonds. The molecule has 0 aliphatic heterocycles. The zero-order valence-electron chi connectivity index (χ0n) is 10.5. The number of H-pyrrole nitrogens is 1. The zero-order valence-corrected chi connectivity index (χ0v) is 10.5. The Hall–Kier alpha value is -2.10. The third kappa shape index (κ3) is 2.27. The van der Waals surface area contributed by atoms with Crippen LogP contribution in [0.2, 0.25) is 0 Å². The number of hydrogen-bond donors (Lipinski definition) is 1. The minimum atomic E-state index is -0.370. The van der Waals surface area contributed by atoms with E-state index in [9.17, 15) is 9.59 Å². The normalized spacial score (nSPS) is 12.6. The van der Waals surface area contributed by atoms with Crippen LogP contribution in [0.25, 0.3) is 0 Å². The van der Waals surface area contributed by atoms with Gasteiger partial charge in [-0.25, -0.2) is 4.79 Å². The summed E-state index contributed by atoms with van der Waals surface area (Å²) in [5.74, 6) is 0.147. The lowest BCUT2D eigenvalue weighted by Crippen LogP contribution is -2.39. The fraction of sp³-hybridized carbons (Fsp3) is 0.286. The van der Waals surface area contributed by atoms with Crippen molar-refractivity contribution < 1.29 is 0 Å². The van der Waals surface area contributed by atoms with Crippen LogP contribution < -0.4 is 11.2 Å². The Morgan fingerprint density at radius 1 is 1.06 bits per heavy atom. The number of nitrogens with one attached hydrogen (secondary N) is 1. The molecule has 0 bridgehead atoms. The Balaban J connectivity index is 2.64. The van der Waals surface area contributed by atoms with E-state index in [1.807, 2.05) is 44.2 Å². The molecule has 0 saturated carbocycles. The average Bonchev–Trinajstić information content (AvgIpc) is 2.34. The first-order chi connectivity index (χ1) is 8.61. The van der Waals surface area contributed by atoms with Gasteiger partial charge in [0.25, 0.3) is 5.56 Å². The van der Waals surface area contributed by atoms with E-state index >= 15 is 0 Å². The molecule has 1 aromatic heterocycles. The van der Waals surface area contributed by atoms with Crippen LogP contribution in [0.15, 0.2) is 52.2 Å². The van der Waals surface area contributed by atoms with Crippen molar-refractivity contribution in [3.8, 4) is 0 Å². The predicted molar refractivity (Wildman–Crippen MR) is 70.7 cm³/mol. The summed E-state index contributed by atoms with van der Waals surface area (Å²) in [6.45, 7) is 3.99. The molecule has 1 atom stereocenters. The highest BCUT2D eigenvalue weighted by atomic mass is 16.2. The lowest BCUT2D eigenvalue weighted by Gasteiger charge is -2.22. The third-order valence-electron chi connectivity index (χ3n) is 2.94. The number of nitrogens with zero attached hydrogens (tertiary/aromatic N) is 1. The van der Waals surface area contributed by atoms with Gasteiger partial charge in [-0.15, -0.1) is 0 Å². The monoisotopic (exact) mass is 244 g/mol. The molecule has 0 aliphatic rings. The van der Waals surface area contributed by atoms with Crippen molar-refractivity contribution in [2.24, 2.45) is 5.92 Å². The molecule has 2 rings (SSSR count). The highest BCUT2D eigenvalue weighted by Gasteiger charge is 2.20. The van der Waals surface area contributed by atoms with Gasteiger partial charge in [-0.05, 0) is 11.5 Å². The molecule has 4 heteroatoms. The zero-order chi connectivity index (χ0) is 13.1.